The van der Waals surface area contributed by atoms with E-state index in [1.54, 1.807) is 0 Å². The lowest BCUT2D eigenvalue weighted by molar-refractivity contribution is 0.478. The fourth-order valence-electron chi connectivity index (χ4n) is 0.866. The molecule has 60 valence electrons. The van der Waals surface area contributed by atoms with Crippen LogP contribution in [0.2, 0.25) is 0 Å². The number of benzene rings is 1. The Kier molecular flexibility index (Phi) is 2.24. The van der Waals surface area contributed by atoms with E-state index in [9.17, 15) is 0 Å². The van der Waals surface area contributed by atoms with Crippen molar-refractivity contribution >= 4 is 0 Å². The molecule has 1 aromatic carbocycles. The van der Waals surface area contributed by atoms with E-state index in [1.807, 2.05) is 30.3 Å². The fraction of sp³-hybridized carbons (Fsp3) is 0.250. The summed E-state index contributed by atoms with van der Waals surface area (Å²) in [5.41, 5.74) is 16.7. The van der Waals surface area contributed by atoms with Crippen LogP contribution in [0.5, 0.6) is 0 Å². The Morgan fingerprint density at radius 3 is 2.09 bits per heavy atom. The summed E-state index contributed by atoms with van der Waals surface area (Å²) in [6, 6.07) is 9.43. The van der Waals surface area contributed by atoms with Crippen molar-refractivity contribution in [1.82, 2.24) is 0 Å². The second kappa shape index (κ2) is 3.00. The summed E-state index contributed by atoms with van der Waals surface area (Å²) in [5, 5.41) is 0. The van der Waals surface area contributed by atoms with Gasteiger partial charge in [-0.2, -0.15) is 0 Å². The van der Waals surface area contributed by atoms with E-state index < -0.39 is 5.66 Å². The van der Waals surface area contributed by atoms with Crippen LogP contribution in [-0.4, -0.2) is 6.54 Å². The van der Waals surface area contributed by atoms with Gasteiger partial charge in [0.1, 0.15) is 5.66 Å². The van der Waals surface area contributed by atoms with Gasteiger partial charge < -0.3 is 17.2 Å². The van der Waals surface area contributed by atoms with Crippen molar-refractivity contribution < 1.29 is 0 Å². The predicted octanol–water partition coefficient (Wildman–Crippen LogP) is -0.284. The number of hydrogen-bond donors (Lipinski definition) is 3. The van der Waals surface area contributed by atoms with Gasteiger partial charge in [0.05, 0.1) is 0 Å². The standard InChI is InChI=1S/C8H13N3/c9-6-8(10,11)7-4-2-1-3-5-7/h1-5H,6,9-11H2. The van der Waals surface area contributed by atoms with Gasteiger partial charge in [-0.3, -0.25) is 0 Å². The molecule has 0 bridgehead atoms. The summed E-state index contributed by atoms with van der Waals surface area (Å²) in [6.45, 7) is 0.247. The van der Waals surface area contributed by atoms with Crippen LogP contribution < -0.4 is 17.2 Å². The average molecular weight is 151 g/mol. The molecule has 11 heavy (non-hydrogen) atoms. The molecule has 0 saturated carbocycles. The zero-order valence-corrected chi connectivity index (χ0v) is 6.33. The Bertz CT molecular complexity index is 218. The third-order valence-electron chi connectivity index (χ3n) is 1.65. The first-order valence-electron chi connectivity index (χ1n) is 3.50. The molecule has 0 amide bonds. The van der Waals surface area contributed by atoms with Gasteiger partial charge in [-0.15, -0.1) is 0 Å². The van der Waals surface area contributed by atoms with Crippen LogP contribution in [0.1, 0.15) is 5.56 Å². The maximum atomic E-state index is 5.69. The number of rotatable bonds is 2. The van der Waals surface area contributed by atoms with Gasteiger partial charge in [0, 0.05) is 6.54 Å². The third kappa shape index (κ3) is 1.77. The quantitative estimate of drug-likeness (QED) is 0.508. The largest absolute Gasteiger partial charge is 0.327 e. The first-order valence-corrected chi connectivity index (χ1v) is 3.50. The summed E-state index contributed by atoms with van der Waals surface area (Å²) < 4.78 is 0. The molecule has 0 aliphatic rings. The van der Waals surface area contributed by atoms with Crippen LogP contribution >= 0.6 is 0 Å². The summed E-state index contributed by atoms with van der Waals surface area (Å²) >= 11 is 0. The molecule has 1 aromatic rings. The van der Waals surface area contributed by atoms with E-state index in [-0.39, 0.29) is 6.54 Å². The molecule has 0 atom stereocenters. The molecule has 0 aliphatic carbocycles. The lowest BCUT2D eigenvalue weighted by Crippen LogP contribution is -2.52. The van der Waals surface area contributed by atoms with Crippen molar-refractivity contribution in [2.45, 2.75) is 5.66 Å². The topological polar surface area (TPSA) is 78.1 Å². The van der Waals surface area contributed by atoms with Gasteiger partial charge in [-0.25, -0.2) is 0 Å². The number of hydrogen-bond acceptors (Lipinski definition) is 3. The minimum atomic E-state index is -0.888. The summed E-state index contributed by atoms with van der Waals surface area (Å²) in [4.78, 5) is 0. The summed E-state index contributed by atoms with van der Waals surface area (Å²) in [6.07, 6.45) is 0. The third-order valence-corrected chi connectivity index (χ3v) is 1.65. The van der Waals surface area contributed by atoms with Gasteiger partial charge in [0.2, 0.25) is 0 Å². The molecule has 0 aromatic heterocycles. The van der Waals surface area contributed by atoms with E-state index in [2.05, 4.69) is 0 Å². The molecule has 0 spiro atoms. The molecule has 0 aliphatic heterocycles. The van der Waals surface area contributed by atoms with Gasteiger partial charge in [-0.1, -0.05) is 30.3 Å². The van der Waals surface area contributed by atoms with Crippen LogP contribution in [0, 0.1) is 0 Å². The van der Waals surface area contributed by atoms with Crippen molar-refractivity contribution in [2.75, 3.05) is 6.54 Å². The number of nitrogens with two attached hydrogens (primary N) is 3. The van der Waals surface area contributed by atoms with Gasteiger partial charge in [0.15, 0.2) is 0 Å². The molecule has 0 radical (unpaired) electrons. The SMILES string of the molecule is NCC(N)(N)c1ccccc1. The normalized spacial score (nSPS) is 11.5. The van der Waals surface area contributed by atoms with Gasteiger partial charge in [0.25, 0.3) is 0 Å². The lowest BCUT2D eigenvalue weighted by atomic mass is 10.0. The smallest absolute Gasteiger partial charge is 0.102 e. The van der Waals surface area contributed by atoms with Gasteiger partial charge in [-0.05, 0) is 5.56 Å². The molecule has 0 fully saturated rings. The summed E-state index contributed by atoms with van der Waals surface area (Å²) in [5.74, 6) is 0. The maximum absolute atomic E-state index is 5.69. The molecule has 0 saturated heterocycles. The fourth-order valence-corrected chi connectivity index (χ4v) is 0.866. The van der Waals surface area contributed by atoms with E-state index >= 15 is 0 Å². The molecule has 0 unspecified atom stereocenters. The molecule has 6 N–H and O–H groups in total. The highest BCUT2D eigenvalue weighted by molar-refractivity contribution is 5.22. The lowest BCUT2D eigenvalue weighted by Gasteiger charge is -2.22. The van der Waals surface area contributed by atoms with Crippen molar-refractivity contribution in [2.24, 2.45) is 17.2 Å². The van der Waals surface area contributed by atoms with E-state index in [0.717, 1.165) is 5.56 Å². The summed E-state index contributed by atoms with van der Waals surface area (Å²) in [7, 11) is 0. The Morgan fingerprint density at radius 1 is 1.09 bits per heavy atom. The minimum Gasteiger partial charge on any atom is -0.327 e. The monoisotopic (exact) mass is 151 g/mol. The van der Waals surface area contributed by atoms with Crippen molar-refractivity contribution in [1.29, 1.82) is 0 Å². The highest BCUT2D eigenvalue weighted by Gasteiger charge is 2.18. The van der Waals surface area contributed by atoms with Crippen LogP contribution in [0.15, 0.2) is 30.3 Å². The second-order valence-corrected chi connectivity index (χ2v) is 2.61. The van der Waals surface area contributed by atoms with Crippen LogP contribution in [0.25, 0.3) is 0 Å². The van der Waals surface area contributed by atoms with Crippen molar-refractivity contribution in [3.8, 4) is 0 Å². The van der Waals surface area contributed by atoms with Gasteiger partial charge >= 0.3 is 0 Å². The second-order valence-electron chi connectivity index (χ2n) is 2.61. The van der Waals surface area contributed by atoms with Crippen LogP contribution in [-0.2, 0) is 5.66 Å². The van der Waals surface area contributed by atoms with E-state index in [4.69, 9.17) is 17.2 Å². The molecular formula is C8H13N3. The highest BCUT2D eigenvalue weighted by atomic mass is 15.0. The maximum Gasteiger partial charge on any atom is 0.102 e. The Hall–Kier alpha value is -0.900. The first kappa shape index (κ1) is 8.20. The van der Waals surface area contributed by atoms with Crippen LogP contribution in [0.3, 0.4) is 0 Å². The van der Waals surface area contributed by atoms with Crippen molar-refractivity contribution in [3.63, 3.8) is 0 Å². The zero-order valence-electron chi connectivity index (χ0n) is 6.33. The molecule has 3 nitrogen and oxygen atoms in total. The Morgan fingerprint density at radius 2 is 1.64 bits per heavy atom. The first-order chi connectivity index (χ1) is 5.17. The van der Waals surface area contributed by atoms with E-state index in [1.165, 1.54) is 0 Å². The Balaban J connectivity index is 2.93. The zero-order chi connectivity index (χ0) is 8.32. The molecule has 3 heteroatoms. The van der Waals surface area contributed by atoms with Crippen LogP contribution in [0.4, 0.5) is 0 Å². The van der Waals surface area contributed by atoms with Crippen molar-refractivity contribution in [3.05, 3.63) is 35.9 Å². The van der Waals surface area contributed by atoms with E-state index in [0.29, 0.717) is 0 Å². The minimum absolute atomic E-state index is 0.247. The predicted molar refractivity (Wildman–Crippen MR) is 45.5 cm³/mol. The molecular weight excluding hydrogens is 138 g/mol. The molecule has 0 heterocycles. The molecule has 1 rings (SSSR count). The Labute approximate surface area is 66.2 Å². The highest BCUT2D eigenvalue weighted by Crippen LogP contribution is 2.09. The average Bonchev–Trinajstić information content (AvgIpc) is 2.06.